The lowest BCUT2D eigenvalue weighted by Crippen LogP contribution is -2.51. The molecule has 0 aliphatic carbocycles. The van der Waals surface area contributed by atoms with Crippen LogP contribution in [0.15, 0.2) is 21.7 Å². The lowest BCUT2D eigenvalue weighted by molar-refractivity contribution is 0.00829. The summed E-state index contributed by atoms with van der Waals surface area (Å²) < 4.78 is 32.3. The van der Waals surface area contributed by atoms with E-state index in [-0.39, 0.29) is 18.7 Å². The summed E-state index contributed by atoms with van der Waals surface area (Å²) in [5.41, 5.74) is -0.561. The van der Waals surface area contributed by atoms with Crippen LogP contribution in [0.1, 0.15) is 40.0 Å². The second-order valence-corrected chi connectivity index (χ2v) is 10.3. The van der Waals surface area contributed by atoms with Gasteiger partial charge in [-0.25, -0.2) is 13.2 Å². The molecular formula is C16H26N2O4S2. The number of carbonyl (C=O) groups is 1. The molecule has 1 aliphatic heterocycles. The zero-order valence-electron chi connectivity index (χ0n) is 14.7. The summed E-state index contributed by atoms with van der Waals surface area (Å²) in [5, 5.41) is 1.74. The van der Waals surface area contributed by atoms with E-state index in [0.717, 1.165) is 19.3 Å². The van der Waals surface area contributed by atoms with E-state index in [1.165, 1.54) is 15.6 Å². The highest BCUT2D eigenvalue weighted by atomic mass is 32.2. The molecule has 0 unspecified atom stereocenters. The standard InChI is InChI=1S/C16H26N2O4S2/c1-16(2,3)22-15(19)18-10-6-5-8-13(18)12-17(4)24(20,21)14-9-7-11-23-14/h7,9,11,13H,5-6,8,10,12H2,1-4H3/t13-/m0/s1. The number of hydrogen-bond donors (Lipinski definition) is 0. The molecule has 1 saturated heterocycles. The average Bonchev–Trinajstić information content (AvgIpc) is 3.00. The number of amides is 1. The Balaban J connectivity index is 2.09. The van der Waals surface area contributed by atoms with Crippen LogP contribution in [0, 0.1) is 0 Å². The van der Waals surface area contributed by atoms with Gasteiger partial charge in [-0.05, 0) is 51.5 Å². The average molecular weight is 375 g/mol. The molecule has 8 heteroatoms. The third kappa shape index (κ3) is 4.70. The number of piperidine rings is 1. The highest BCUT2D eigenvalue weighted by Crippen LogP contribution is 2.24. The summed E-state index contributed by atoms with van der Waals surface area (Å²) in [6, 6.07) is 3.16. The Bertz CT molecular complexity index is 650. The Morgan fingerprint density at radius 1 is 1.42 bits per heavy atom. The first-order chi connectivity index (χ1) is 11.1. The number of ether oxygens (including phenoxy) is 1. The lowest BCUT2D eigenvalue weighted by Gasteiger charge is -2.38. The summed E-state index contributed by atoms with van der Waals surface area (Å²) in [6.45, 7) is 6.37. The molecule has 1 aliphatic rings. The molecule has 2 heterocycles. The molecule has 0 saturated carbocycles. The minimum Gasteiger partial charge on any atom is -0.444 e. The fourth-order valence-electron chi connectivity index (χ4n) is 2.71. The second kappa shape index (κ2) is 7.41. The van der Waals surface area contributed by atoms with Gasteiger partial charge in [-0.2, -0.15) is 4.31 Å². The van der Waals surface area contributed by atoms with Crippen LogP contribution in [0.3, 0.4) is 0 Å². The van der Waals surface area contributed by atoms with Crippen LogP contribution in [0.2, 0.25) is 0 Å². The number of carbonyl (C=O) groups excluding carboxylic acids is 1. The molecule has 1 amide bonds. The first-order valence-corrected chi connectivity index (χ1v) is 10.4. The maximum atomic E-state index is 12.6. The summed E-state index contributed by atoms with van der Waals surface area (Å²) >= 11 is 1.20. The summed E-state index contributed by atoms with van der Waals surface area (Å²) in [4.78, 5) is 14.1. The fraction of sp³-hybridized carbons (Fsp3) is 0.688. The van der Waals surface area contributed by atoms with Crippen molar-refractivity contribution < 1.29 is 17.9 Å². The topological polar surface area (TPSA) is 66.9 Å². The van der Waals surface area contributed by atoms with Gasteiger partial charge in [-0.15, -0.1) is 11.3 Å². The Morgan fingerprint density at radius 2 is 2.12 bits per heavy atom. The monoisotopic (exact) mass is 374 g/mol. The van der Waals surface area contributed by atoms with Crippen molar-refractivity contribution in [1.29, 1.82) is 0 Å². The van der Waals surface area contributed by atoms with Gasteiger partial charge in [0.25, 0.3) is 10.0 Å². The minimum absolute atomic E-state index is 0.159. The van der Waals surface area contributed by atoms with E-state index in [2.05, 4.69) is 0 Å². The van der Waals surface area contributed by atoms with Crippen LogP contribution in [0.25, 0.3) is 0 Å². The number of nitrogens with zero attached hydrogens (tertiary/aromatic N) is 2. The van der Waals surface area contributed by atoms with E-state index in [4.69, 9.17) is 4.74 Å². The summed E-state index contributed by atoms with van der Waals surface area (Å²) in [7, 11) is -1.94. The number of sulfonamides is 1. The van der Waals surface area contributed by atoms with E-state index in [1.807, 2.05) is 20.8 Å². The minimum atomic E-state index is -3.51. The van der Waals surface area contributed by atoms with Crippen LogP contribution < -0.4 is 0 Å². The maximum absolute atomic E-state index is 12.6. The molecule has 6 nitrogen and oxygen atoms in total. The van der Waals surface area contributed by atoms with E-state index in [9.17, 15) is 13.2 Å². The van der Waals surface area contributed by atoms with Crippen LogP contribution in [0.5, 0.6) is 0 Å². The maximum Gasteiger partial charge on any atom is 0.410 e. The first-order valence-electron chi connectivity index (χ1n) is 8.11. The number of likely N-dealkylation sites (N-methyl/N-ethyl adjacent to an activating group) is 1. The van der Waals surface area contributed by atoms with Gasteiger partial charge in [0.05, 0.1) is 0 Å². The molecule has 2 rings (SSSR count). The molecule has 1 aromatic rings. The summed E-state index contributed by atoms with van der Waals surface area (Å²) in [6.07, 6.45) is 2.31. The van der Waals surface area contributed by atoms with Gasteiger partial charge in [0, 0.05) is 26.2 Å². The van der Waals surface area contributed by atoms with Crippen molar-refractivity contribution in [1.82, 2.24) is 9.21 Å². The van der Waals surface area contributed by atoms with E-state index in [0.29, 0.717) is 10.8 Å². The van der Waals surface area contributed by atoms with Crippen LogP contribution in [-0.2, 0) is 14.8 Å². The van der Waals surface area contributed by atoms with E-state index in [1.54, 1.807) is 29.5 Å². The van der Waals surface area contributed by atoms with E-state index >= 15 is 0 Å². The van der Waals surface area contributed by atoms with Crippen LogP contribution >= 0.6 is 11.3 Å². The highest BCUT2D eigenvalue weighted by molar-refractivity contribution is 7.91. The molecule has 1 atom stereocenters. The smallest absolute Gasteiger partial charge is 0.410 e. The predicted octanol–water partition coefficient (Wildman–Crippen LogP) is 3.16. The molecule has 0 aromatic carbocycles. The molecule has 0 radical (unpaired) electrons. The molecule has 0 bridgehead atoms. The van der Waals surface area contributed by atoms with Crippen LogP contribution in [-0.4, -0.2) is 55.5 Å². The number of likely N-dealkylation sites (tertiary alicyclic amines) is 1. The van der Waals surface area contributed by atoms with Crippen molar-refractivity contribution in [3.8, 4) is 0 Å². The molecule has 24 heavy (non-hydrogen) atoms. The largest absolute Gasteiger partial charge is 0.444 e. The molecule has 136 valence electrons. The Kier molecular flexibility index (Phi) is 5.93. The van der Waals surface area contributed by atoms with Gasteiger partial charge in [0.1, 0.15) is 9.81 Å². The molecule has 1 aromatic heterocycles. The van der Waals surface area contributed by atoms with Crippen molar-refractivity contribution in [2.24, 2.45) is 0 Å². The Hall–Kier alpha value is -1.12. The number of rotatable bonds is 4. The van der Waals surface area contributed by atoms with Gasteiger partial charge in [0.2, 0.25) is 0 Å². The predicted molar refractivity (Wildman–Crippen MR) is 94.7 cm³/mol. The zero-order valence-corrected chi connectivity index (χ0v) is 16.3. The molecule has 0 spiro atoms. The van der Waals surface area contributed by atoms with Gasteiger partial charge in [-0.3, -0.25) is 0 Å². The molecule has 1 fully saturated rings. The van der Waals surface area contributed by atoms with Gasteiger partial charge in [-0.1, -0.05) is 6.07 Å². The van der Waals surface area contributed by atoms with Crippen molar-refractivity contribution in [3.05, 3.63) is 17.5 Å². The summed E-state index contributed by atoms with van der Waals surface area (Å²) in [5.74, 6) is 0. The zero-order chi connectivity index (χ0) is 18.0. The molecular weight excluding hydrogens is 348 g/mol. The SMILES string of the molecule is CN(C[C@@H]1CCCCN1C(=O)OC(C)(C)C)S(=O)(=O)c1cccs1. The molecule has 0 N–H and O–H groups in total. The van der Waals surface area contributed by atoms with Crippen molar-refractivity contribution in [3.63, 3.8) is 0 Å². The Morgan fingerprint density at radius 3 is 2.71 bits per heavy atom. The van der Waals surface area contributed by atoms with Crippen molar-refractivity contribution in [2.75, 3.05) is 20.1 Å². The van der Waals surface area contributed by atoms with Crippen molar-refractivity contribution >= 4 is 27.5 Å². The van der Waals surface area contributed by atoms with Gasteiger partial charge >= 0.3 is 6.09 Å². The first kappa shape index (κ1) is 19.2. The normalized spacial score (nSPS) is 19.5. The van der Waals surface area contributed by atoms with Crippen LogP contribution in [0.4, 0.5) is 4.79 Å². The number of thiophene rings is 1. The second-order valence-electron chi connectivity index (χ2n) is 7.04. The van der Waals surface area contributed by atoms with E-state index < -0.39 is 15.6 Å². The number of hydrogen-bond acceptors (Lipinski definition) is 5. The quantitative estimate of drug-likeness (QED) is 0.812. The van der Waals surface area contributed by atoms with Gasteiger partial charge in [0.15, 0.2) is 0 Å². The third-order valence-electron chi connectivity index (χ3n) is 3.88. The fourth-order valence-corrected chi connectivity index (χ4v) is 5.12. The Labute approximate surface area is 148 Å². The third-order valence-corrected chi connectivity index (χ3v) is 7.08. The highest BCUT2D eigenvalue weighted by Gasteiger charge is 2.33. The van der Waals surface area contributed by atoms with Gasteiger partial charge < -0.3 is 9.64 Å². The lowest BCUT2D eigenvalue weighted by atomic mass is 10.0. The van der Waals surface area contributed by atoms with Crippen molar-refractivity contribution in [2.45, 2.75) is 55.9 Å².